The number of amides is 2. The number of urea groups is 1. The highest BCUT2D eigenvalue weighted by Crippen LogP contribution is 2.23. The van der Waals surface area contributed by atoms with E-state index in [1.165, 1.54) is 24.0 Å². The molecule has 0 radical (unpaired) electrons. The Labute approximate surface area is 163 Å². The van der Waals surface area contributed by atoms with E-state index in [2.05, 4.69) is 67.7 Å². The lowest BCUT2D eigenvalue weighted by atomic mass is 9.90. The van der Waals surface area contributed by atoms with Gasteiger partial charge < -0.3 is 10.2 Å². The molecule has 0 bridgehead atoms. The van der Waals surface area contributed by atoms with Crippen molar-refractivity contribution >= 4 is 11.7 Å². The summed E-state index contributed by atoms with van der Waals surface area (Å²) >= 11 is 0. The summed E-state index contributed by atoms with van der Waals surface area (Å²) in [6.45, 7) is 5.98. The molecule has 0 atom stereocenters. The number of hydrogen-bond donors (Lipinski definition) is 1. The Bertz CT molecular complexity index is 733. The molecule has 2 aromatic rings. The average Bonchev–Trinajstić information content (AvgIpc) is 2.69. The van der Waals surface area contributed by atoms with Gasteiger partial charge >= 0.3 is 6.03 Å². The number of piperidine rings is 1. The zero-order valence-electron chi connectivity index (χ0n) is 16.7. The van der Waals surface area contributed by atoms with Crippen LogP contribution < -0.4 is 5.32 Å². The summed E-state index contributed by atoms with van der Waals surface area (Å²) in [5, 5.41) is 3.11. The number of anilines is 1. The maximum Gasteiger partial charge on any atom is 0.321 e. The highest BCUT2D eigenvalue weighted by molar-refractivity contribution is 5.90. The molecule has 1 saturated heterocycles. The second kappa shape index (κ2) is 9.59. The first-order valence-corrected chi connectivity index (χ1v) is 10.3. The SMILES string of the molecule is CCCCc1ccc(NC(=O)N2CCC(Cc3ccccc3)CC2)c(C)c1. The number of unbranched alkanes of at least 4 members (excludes halogenated alkanes) is 1. The van der Waals surface area contributed by atoms with Gasteiger partial charge in [-0.25, -0.2) is 4.79 Å². The third-order valence-electron chi connectivity index (χ3n) is 5.62. The fourth-order valence-electron chi connectivity index (χ4n) is 3.88. The van der Waals surface area contributed by atoms with Crippen molar-refractivity contribution in [2.45, 2.75) is 52.4 Å². The number of nitrogens with zero attached hydrogens (tertiary/aromatic N) is 1. The predicted molar refractivity (Wildman–Crippen MR) is 113 cm³/mol. The molecule has 0 aromatic heterocycles. The lowest BCUT2D eigenvalue weighted by Crippen LogP contribution is -2.41. The topological polar surface area (TPSA) is 32.3 Å². The van der Waals surface area contributed by atoms with Gasteiger partial charge in [0.2, 0.25) is 0 Å². The van der Waals surface area contributed by atoms with Crippen LogP contribution in [-0.4, -0.2) is 24.0 Å². The van der Waals surface area contributed by atoms with Crippen molar-refractivity contribution in [2.75, 3.05) is 18.4 Å². The molecule has 144 valence electrons. The summed E-state index contributed by atoms with van der Waals surface area (Å²) in [7, 11) is 0. The van der Waals surface area contributed by atoms with Crippen molar-refractivity contribution in [1.29, 1.82) is 0 Å². The molecule has 2 aromatic carbocycles. The minimum absolute atomic E-state index is 0.0394. The first-order valence-electron chi connectivity index (χ1n) is 10.3. The van der Waals surface area contributed by atoms with E-state index in [-0.39, 0.29) is 6.03 Å². The number of rotatable bonds is 6. The van der Waals surface area contributed by atoms with Crippen molar-refractivity contribution in [3.8, 4) is 0 Å². The van der Waals surface area contributed by atoms with Crippen molar-refractivity contribution in [1.82, 2.24) is 4.90 Å². The Morgan fingerprint density at radius 1 is 1.07 bits per heavy atom. The number of carbonyl (C=O) groups is 1. The van der Waals surface area contributed by atoms with Crippen molar-refractivity contribution in [2.24, 2.45) is 5.92 Å². The molecule has 1 aliphatic rings. The highest BCUT2D eigenvalue weighted by Gasteiger charge is 2.23. The fourth-order valence-corrected chi connectivity index (χ4v) is 3.88. The van der Waals surface area contributed by atoms with Gasteiger partial charge in [0.15, 0.2) is 0 Å². The van der Waals surface area contributed by atoms with E-state index in [0.29, 0.717) is 5.92 Å². The molecular weight excluding hydrogens is 332 g/mol. The molecule has 0 saturated carbocycles. The number of carbonyl (C=O) groups excluding carboxylic acids is 1. The van der Waals surface area contributed by atoms with Crippen LogP contribution in [0.3, 0.4) is 0 Å². The van der Waals surface area contributed by atoms with Crippen LogP contribution in [0.15, 0.2) is 48.5 Å². The van der Waals surface area contributed by atoms with Gasteiger partial charge in [0, 0.05) is 18.8 Å². The molecule has 0 unspecified atom stereocenters. The number of benzene rings is 2. The summed E-state index contributed by atoms with van der Waals surface area (Å²) in [5.41, 5.74) is 4.84. The second-order valence-corrected chi connectivity index (χ2v) is 7.80. The average molecular weight is 365 g/mol. The van der Waals surface area contributed by atoms with E-state index < -0.39 is 0 Å². The van der Waals surface area contributed by atoms with Crippen LogP contribution in [-0.2, 0) is 12.8 Å². The maximum atomic E-state index is 12.7. The van der Waals surface area contributed by atoms with Crippen molar-refractivity contribution in [3.63, 3.8) is 0 Å². The van der Waals surface area contributed by atoms with E-state index in [1.807, 2.05) is 4.90 Å². The summed E-state index contributed by atoms with van der Waals surface area (Å²) in [6.07, 6.45) is 6.81. The molecule has 2 amide bonds. The molecular formula is C24H32N2O. The zero-order chi connectivity index (χ0) is 19.1. The summed E-state index contributed by atoms with van der Waals surface area (Å²) in [5.74, 6) is 0.677. The zero-order valence-corrected chi connectivity index (χ0v) is 16.7. The summed E-state index contributed by atoms with van der Waals surface area (Å²) in [4.78, 5) is 14.6. The molecule has 3 nitrogen and oxygen atoms in total. The van der Waals surface area contributed by atoms with Crippen LogP contribution in [0.1, 0.15) is 49.3 Å². The standard InChI is InChI=1S/C24H32N2O/c1-3-4-8-21-11-12-23(19(2)17-21)25-24(27)26-15-13-22(14-16-26)18-20-9-6-5-7-10-20/h5-7,9-12,17,22H,3-4,8,13-16,18H2,1-2H3,(H,25,27). The van der Waals surface area contributed by atoms with Crippen LogP contribution in [0, 0.1) is 12.8 Å². The van der Waals surface area contributed by atoms with Gasteiger partial charge in [-0.3, -0.25) is 0 Å². The molecule has 0 aliphatic carbocycles. The fraction of sp³-hybridized carbons (Fsp3) is 0.458. The largest absolute Gasteiger partial charge is 0.325 e. The van der Waals surface area contributed by atoms with Gasteiger partial charge in [-0.2, -0.15) is 0 Å². The molecule has 0 spiro atoms. The van der Waals surface area contributed by atoms with Crippen LogP contribution in [0.2, 0.25) is 0 Å². The van der Waals surface area contributed by atoms with E-state index in [0.717, 1.165) is 50.0 Å². The third kappa shape index (κ3) is 5.59. The molecule has 1 heterocycles. The van der Waals surface area contributed by atoms with Gasteiger partial charge in [-0.1, -0.05) is 55.8 Å². The van der Waals surface area contributed by atoms with Crippen LogP contribution in [0.4, 0.5) is 10.5 Å². The molecule has 1 aliphatic heterocycles. The Kier molecular flexibility index (Phi) is 6.92. The van der Waals surface area contributed by atoms with Crippen LogP contribution in [0.5, 0.6) is 0 Å². The van der Waals surface area contributed by atoms with E-state index in [1.54, 1.807) is 0 Å². The maximum absolute atomic E-state index is 12.7. The highest BCUT2D eigenvalue weighted by atomic mass is 16.2. The van der Waals surface area contributed by atoms with Gasteiger partial charge in [0.25, 0.3) is 0 Å². The van der Waals surface area contributed by atoms with E-state index >= 15 is 0 Å². The second-order valence-electron chi connectivity index (χ2n) is 7.80. The van der Waals surface area contributed by atoms with Crippen molar-refractivity contribution < 1.29 is 4.79 Å². The lowest BCUT2D eigenvalue weighted by Gasteiger charge is -2.32. The Morgan fingerprint density at radius 2 is 1.81 bits per heavy atom. The van der Waals surface area contributed by atoms with Gasteiger partial charge in [-0.15, -0.1) is 0 Å². The molecule has 27 heavy (non-hydrogen) atoms. The van der Waals surface area contributed by atoms with Crippen molar-refractivity contribution in [3.05, 3.63) is 65.2 Å². The van der Waals surface area contributed by atoms with Gasteiger partial charge in [-0.05, 0) is 67.7 Å². The molecule has 3 heteroatoms. The lowest BCUT2D eigenvalue weighted by molar-refractivity contribution is 0.182. The minimum atomic E-state index is 0.0394. The Morgan fingerprint density at radius 3 is 2.48 bits per heavy atom. The Hall–Kier alpha value is -2.29. The van der Waals surface area contributed by atoms with Gasteiger partial charge in [0.1, 0.15) is 0 Å². The quantitative estimate of drug-likeness (QED) is 0.688. The first kappa shape index (κ1) is 19.5. The molecule has 1 N–H and O–H groups in total. The number of hydrogen-bond acceptors (Lipinski definition) is 1. The monoisotopic (exact) mass is 364 g/mol. The minimum Gasteiger partial charge on any atom is -0.325 e. The molecule has 3 rings (SSSR count). The first-order chi connectivity index (χ1) is 13.2. The van der Waals surface area contributed by atoms with E-state index in [4.69, 9.17) is 0 Å². The Balaban J connectivity index is 1.49. The predicted octanol–water partition coefficient (Wildman–Crippen LogP) is 5.82. The van der Waals surface area contributed by atoms with Crippen LogP contribution in [0.25, 0.3) is 0 Å². The van der Waals surface area contributed by atoms with E-state index in [9.17, 15) is 4.79 Å². The molecule has 1 fully saturated rings. The van der Waals surface area contributed by atoms with Gasteiger partial charge in [0.05, 0.1) is 0 Å². The number of nitrogens with one attached hydrogen (secondary N) is 1. The van der Waals surface area contributed by atoms with Crippen LogP contribution >= 0.6 is 0 Å². The number of likely N-dealkylation sites (tertiary alicyclic amines) is 1. The number of aryl methyl sites for hydroxylation is 2. The smallest absolute Gasteiger partial charge is 0.321 e. The normalized spacial score (nSPS) is 15.0. The third-order valence-corrected chi connectivity index (χ3v) is 5.62. The summed E-state index contributed by atoms with van der Waals surface area (Å²) < 4.78 is 0. The summed E-state index contributed by atoms with van der Waals surface area (Å²) in [6, 6.07) is 17.1.